The zero-order chi connectivity index (χ0) is 8.27. The summed E-state index contributed by atoms with van der Waals surface area (Å²) >= 11 is 0. The molecule has 12 heavy (non-hydrogen) atoms. The van der Waals surface area contributed by atoms with Gasteiger partial charge in [0.2, 0.25) is 0 Å². The van der Waals surface area contributed by atoms with Gasteiger partial charge in [0.1, 0.15) is 0 Å². The van der Waals surface area contributed by atoms with E-state index in [-0.39, 0.29) is 51.4 Å². The van der Waals surface area contributed by atoms with Crippen LogP contribution in [0.1, 0.15) is 0 Å². The number of methoxy groups -OCH3 is 1. The Bertz CT molecular complexity index is 238. The van der Waals surface area contributed by atoms with E-state index in [2.05, 4.69) is 6.07 Å². The van der Waals surface area contributed by atoms with Gasteiger partial charge in [-0.2, -0.15) is 12.1 Å². The Morgan fingerprint density at radius 2 is 2.08 bits per heavy atom. The van der Waals surface area contributed by atoms with Crippen molar-refractivity contribution in [3.63, 3.8) is 0 Å². The summed E-state index contributed by atoms with van der Waals surface area (Å²) in [5, 5.41) is 0. The molecule has 0 heterocycles. The number of anilines is 1. The first-order valence-electron chi connectivity index (χ1n) is 3.47. The molecule has 0 fully saturated rings. The van der Waals surface area contributed by atoms with Crippen LogP contribution in [-0.4, -0.2) is 21.2 Å². The predicted molar refractivity (Wildman–Crippen MR) is 46.2 cm³/mol. The van der Waals surface area contributed by atoms with Crippen molar-refractivity contribution in [2.24, 2.45) is 0 Å². The molecule has 0 atom stereocenters. The fourth-order valence-electron chi connectivity index (χ4n) is 0.940. The summed E-state index contributed by atoms with van der Waals surface area (Å²) in [6.45, 7) is 0. The Balaban J connectivity index is 0.00000121. The quantitative estimate of drug-likeness (QED) is 0.418. The van der Waals surface area contributed by atoms with Crippen molar-refractivity contribution in [3.8, 4) is 5.75 Å². The van der Waals surface area contributed by atoms with Crippen molar-refractivity contribution >= 4 is 5.69 Å². The molecule has 0 saturated carbocycles. The molecule has 1 aromatic rings. The minimum atomic E-state index is 0. The van der Waals surface area contributed by atoms with Gasteiger partial charge in [0.05, 0.1) is 7.11 Å². The van der Waals surface area contributed by atoms with Crippen molar-refractivity contribution in [2.45, 2.75) is 0 Å². The molecule has 0 amide bonds. The molecule has 1 aromatic carbocycles. The Hall–Kier alpha value is 0.456. The molecule has 0 aliphatic heterocycles. The predicted octanol–water partition coefficient (Wildman–Crippen LogP) is -1.43. The van der Waals surface area contributed by atoms with Crippen LogP contribution in [0.2, 0.25) is 0 Å². The van der Waals surface area contributed by atoms with E-state index in [4.69, 9.17) is 4.74 Å². The topological polar surface area (TPSA) is 12.5 Å². The standard InChI is InChI=1S/C9H12NO.K/c1-10(2)8-6-4-5-7-9(8)11-3;/h4,6-7H,1-3H3;/q-1;+1. The van der Waals surface area contributed by atoms with Crippen LogP contribution in [0.5, 0.6) is 5.75 Å². The van der Waals surface area contributed by atoms with Crippen LogP contribution >= 0.6 is 0 Å². The third-order valence-corrected chi connectivity index (χ3v) is 1.51. The van der Waals surface area contributed by atoms with Gasteiger partial charge in [-0.3, -0.25) is 0 Å². The number of hydrogen-bond donors (Lipinski definition) is 0. The number of benzene rings is 1. The Labute approximate surface area is 116 Å². The fraction of sp³-hybridized carbons (Fsp3) is 0.333. The van der Waals surface area contributed by atoms with Crippen LogP contribution in [0.15, 0.2) is 18.2 Å². The first-order valence-corrected chi connectivity index (χ1v) is 3.47. The number of nitrogens with zero attached hydrogens (tertiary/aromatic N) is 1. The summed E-state index contributed by atoms with van der Waals surface area (Å²) < 4.78 is 5.13. The molecular weight excluding hydrogens is 177 g/mol. The molecule has 0 bridgehead atoms. The Morgan fingerprint density at radius 3 is 2.50 bits per heavy atom. The molecule has 0 unspecified atom stereocenters. The van der Waals surface area contributed by atoms with Gasteiger partial charge in [-0.1, -0.05) is 0 Å². The number of ether oxygens (including phenoxy) is 1. The van der Waals surface area contributed by atoms with Gasteiger partial charge in [-0.25, -0.2) is 0 Å². The second-order valence-electron chi connectivity index (χ2n) is 2.49. The van der Waals surface area contributed by atoms with Crippen molar-refractivity contribution < 1.29 is 56.1 Å². The normalized spacial score (nSPS) is 8.58. The first-order chi connectivity index (χ1) is 5.25. The monoisotopic (exact) mass is 189 g/mol. The van der Waals surface area contributed by atoms with Gasteiger partial charge in [-0.05, 0) is 5.69 Å². The largest absolute Gasteiger partial charge is 1.00 e. The number of rotatable bonds is 2. The van der Waals surface area contributed by atoms with E-state index >= 15 is 0 Å². The van der Waals surface area contributed by atoms with E-state index in [9.17, 15) is 0 Å². The third-order valence-electron chi connectivity index (χ3n) is 1.51. The molecule has 0 aliphatic rings. The average Bonchev–Trinajstić information content (AvgIpc) is 2.04. The van der Waals surface area contributed by atoms with Crippen LogP contribution in [0.3, 0.4) is 0 Å². The van der Waals surface area contributed by atoms with E-state index in [0.29, 0.717) is 0 Å². The molecule has 0 radical (unpaired) electrons. The second kappa shape index (κ2) is 5.99. The van der Waals surface area contributed by atoms with Gasteiger partial charge in [0.15, 0.2) is 0 Å². The summed E-state index contributed by atoms with van der Waals surface area (Å²) in [6.07, 6.45) is 0. The van der Waals surface area contributed by atoms with Crippen LogP contribution in [-0.2, 0) is 0 Å². The molecule has 3 heteroatoms. The van der Waals surface area contributed by atoms with Crippen LogP contribution < -0.4 is 61.0 Å². The summed E-state index contributed by atoms with van der Waals surface area (Å²) in [4.78, 5) is 2.01. The molecule has 0 aromatic heterocycles. The second-order valence-corrected chi connectivity index (χ2v) is 2.49. The van der Waals surface area contributed by atoms with Crippen LogP contribution in [0, 0.1) is 6.07 Å². The molecule has 0 N–H and O–H groups in total. The molecule has 0 aliphatic carbocycles. The summed E-state index contributed by atoms with van der Waals surface area (Å²) in [6, 6.07) is 8.63. The van der Waals surface area contributed by atoms with Gasteiger partial charge < -0.3 is 9.64 Å². The average molecular weight is 189 g/mol. The van der Waals surface area contributed by atoms with Crippen LogP contribution in [0.25, 0.3) is 0 Å². The zero-order valence-corrected chi connectivity index (χ0v) is 11.2. The van der Waals surface area contributed by atoms with E-state index in [1.807, 2.05) is 37.2 Å². The smallest absolute Gasteiger partial charge is 0.552 e. The maximum Gasteiger partial charge on any atom is 1.00 e. The minimum absolute atomic E-state index is 0. The molecule has 1 rings (SSSR count). The van der Waals surface area contributed by atoms with Crippen molar-refractivity contribution in [3.05, 3.63) is 24.3 Å². The molecule has 0 saturated heterocycles. The van der Waals surface area contributed by atoms with E-state index < -0.39 is 0 Å². The van der Waals surface area contributed by atoms with Crippen molar-refractivity contribution in [2.75, 3.05) is 26.1 Å². The third kappa shape index (κ3) is 3.07. The fourth-order valence-corrected chi connectivity index (χ4v) is 0.940. The van der Waals surface area contributed by atoms with Gasteiger partial charge in [0.25, 0.3) is 0 Å². The first kappa shape index (κ1) is 12.5. The molecule has 0 spiro atoms. The Morgan fingerprint density at radius 1 is 1.42 bits per heavy atom. The van der Waals surface area contributed by atoms with E-state index in [1.165, 1.54) is 0 Å². The maximum absolute atomic E-state index is 5.13. The minimum Gasteiger partial charge on any atom is -0.552 e. The molecule has 60 valence electrons. The van der Waals surface area contributed by atoms with Gasteiger partial charge >= 0.3 is 51.4 Å². The summed E-state index contributed by atoms with van der Waals surface area (Å²) in [5.74, 6) is 0.859. The Kier molecular flexibility index (Phi) is 6.22. The summed E-state index contributed by atoms with van der Waals surface area (Å²) in [5.41, 5.74) is 1.08. The van der Waals surface area contributed by atoms with Gasteiger partial charge in [-0.15, -0.1) is 12.1 Å². The summed E-state index contributed by atoms with van der Waals surface area (Å²) in [7, 11) is 5.63. The maximum atomic E-state index is 5.13. The van der Waals surface area contributed by atoms with Crippen molar-refractivity contribution in [1.82, 2.24) is 0 Å². The number of hydrogen-bond acceptors (Lipinski definition) is 2. The SMILES string of the molecule is COc1c[c-]ccc1N(C)C.[K+]. The van der Waals surface area contributed by atoms with Crippen molar-refractivity contribution in [1.29, 1.82) is 0 Å². The van der Waals surface area contributed by atoms with Crippen LogP contribution in [0.4, 0.5) is 5.69 Å². The van der Waals surface area contributed by atoms with E-state index in [0.717, 1.165) is 11.4 Å². The molecule has 2 nitrogen and oxygen atoms in total. The van der Waals surface area contributed by atoms with E-state index in [1.54, 1.807) is 7.11 Å². The van der Waals surface area contributed by atoms with Gasteiger partial charge in [0, 0.05) is 19.8 Å². The molecular formula is C9H12KNO. The zero-order valence-electron chi connectivity index (χ0n) is 8.09.